The highest BCUT2D eigenvalue weighted by Gasteiger charge is 2.23. The van der Waals surface area contributed by atoms with E-state index in [2.05, 4.69) is 41.0 Å². The predicted octanol–water partition coefficient (Wildman–Crippen LogP) is 3.53. The molecule has 2 aromatic rings. The number of amides is 1. The second-order valence-electron chi connectivity index (χ2n) is 6.52. The molecular formula is C19H23BrN2O2. The number of ether oxygens (including phenoxy) is 1. The van der Waals surface area contributed by atoms with Crippen LogP contribution in [0.15, 0.2) is 40.9 Å². The van der Waals surface area contributed by atoms with Gasteiger partial charge in [0, 0.05) is 23.6 Å². The van der Waals surface area contributed by atoms with Crippen LogP contribution in [0, 0.1) is 0 Å². The largest absolute Gasteiger partial charge is 0.484 e. The Hall–Kier alpha value is -1.59. The second-order valence-corrected chi connectivity index (χ2v) is 7.43. The zero-order chi connectivity index (χ0) is 17.1. The van der Waals surface area contributed by atoms with Crippen LogP contribution >= 0.6 is 15.9 Å². The second kappa shape index (κ2) is 7.53. The summed E-state index contributed by atoms with van der Waals surface area (Å²) in [7, 11) is 4.20. The Balaban J connectivity index is 1.56. The average Bonchev–Trinajstić information content (AvgIpc) is 2.59. The third-order valence-electron chi connectivity index (χ3n) is 4.68. The van der Waals surface area contributed by atoms with Gasteiger partial charge in [-0.1, -0.05) is 28.1 Å². The van der Waals surface area contributed by atoms with Crippen LogP contribution in [0.1, 0.15) is 12.8 Å². The standard InChI is InChI=1S/C19H23BrN2O2/c1-21(2)17-7-9-22(10-8-17)19(23)13-24-18-6-4-14-11-16(20)5-3-15(14)12-18/h3-6,11-12,17H,7-10,13H2,1-2H3. The predicted molar refractivity (Wildman–Crippen MR) is 100 cm³/mol. The molecule has 1 heterocycles. The normalized spacial score (nSPS) is 15.9. The Labute approximate surface area is 151 Å². The van der Waals surface area contributed by atoms with Gasteiger partial charge >= 0.3 is 0 Å². The number of hydrogen-bond donors (Lipinski definition) is 0. The van der Waals surface area contributed by atoms with Crippen LogP contribution in [-0.2, 0) is 4.79 Å². The molecule has 128 valence electrons. The maximum atomic E-state index is 12.3. The van der Waals surface area contributed by atoms with E-state index in [-0.39, 0.29) is 12.5 Å². The minimum Gasteiger partial charge on any atom is -0.484 e. The number of nitrogens with zero attached hydrogens (tertiary/aromatic N) is 2. The van der Waals surface area contributed by atoms with Crippen molar-refractivity contribution in [2.24, 2.45) is 0 Å². The van der Waals surface area contributed by atoms with Crippen molar-refractivity contribution in [3.8, 4) is 5.75 Å². The maximum Gasteiger partial charge on any atom is 0.260 e. The quantitative estimate of drug-likeness (QED) is 0.800. The lowest BCUT2D eigenvalue weighted by Gasteiger charge is -2.35. The summed E-state index contributed by atoms with van der Waals surface area (Å²) >= 11 is 3.47. The molecule has 0 atom stereocenters. The number of fused-ring (bicyclic) bond motifs is 1. The number of piperidine rings is 1. The molecule has 1 aliphatic rings. The minimum absolute atomic E-state index is 0.0723. The average molecular weight is 391 g/mol. The molecule has 1 saturated heterocycles. The van der Waals surface area contributed by atoms with Gasteiger partial charge < -0.3 is 14.5 Å². The lowest BCUT2D eigenvalue weighted by Crippen LogP contribution is -2.45. The fourth-order valence-corrected chi connectivity index (χ4v) is 3.53. The van der Waals surface area contributed by atoms with Crippen molar-refractivity contribution in [1.29, 1.82) is 0 Å². The fourth-order valence-electron chi connectivity index (χ4n) is 3.15. The molecule has 3 rings (SSSR count). The van der Waals surface area contributed by atoms with Gasteiger partial charge in [0.2, 0.25) is 0 Å². The van der Waals surface area contributed by atoms with Crippen molar-refractivity contribution in [3.05, 3.63) is 40.9 Å². The van der Waals surface area contributed by atoms with E-state index >= 15 is 0 Å². The molecular weight excluding hydrogens is 368 g/mol. The van der Waals surface area contributed by atoms with Gasteiger partial charge in [0.25, 0.3) is 5.91 Å². The van der Waals surface area contributed by atoms with Crippen LogP contribution in [-0.4, -0.2) is 55.5 Å². The Morgan fingerprint density at radius 1 is 1.17 bits per heavy atom. The zero-order valence-corrected chi connectivity index (χ0v) is 15.8. The van der Waals surface area contributed by atoms with Crippen molar-refractivity contribution in [2.75, 3.05) is 33.8 Å². The van der Waals surface area contributed by atoms with Crippen molar-refractivity contribution in [3.63, 3.8) is 0 Å². The summed E-state index contributed by atoms with van der Waals surface area (Å²) in [5.41, 5.74) is 0. The van der Waals surface area contributed by atoms with Crippen LogP contribution in [0.4, 0.5) is 0 Å². The number of hydrogen-bond acceptors (Lipinski definition) is 3. The van der Waals surface area contributed by atoms with Crippen LogP contribution in [0.2, 0.25) is 0 Å². The first-order valence-electron chi connectivity index (χ1n) is 8.29. The first-order valence-corrected chi connectivity index (χ1v) is 9.08. The maximum absolute atomic E-state index is 12.3. The van der Waals surface area contributed by atoms with Crippen molar-refractivity contribution >= 4 is 32.6 Å². The van der Waals surface area contributed by atoms with E-state index in [1.54, 1.807) is 0 Å². The molecule has 0 bridgehead atoms. The van der Waals surface area contributed by atoms with Gasteiger partial charge in [-0.05, 0) is 62.0 Å². The summed E-state index contributed by atoms with van der Waals surface area (Å²) in [6.07, 6.45) is 2.06. The highest BCUT2D eigenvalue weighted by molar-refractivity contribution is 9.10. The van der Waals surface area contributed by atoms with Crippen molar-refractivity contribution in [2.45, 2.75) is 18.9 Å². The van der Waals surface area contributed by atoms with E-state index in [4.69, 9.17) is 4.74 Å². The van der Waals surface area contributed by atoms with Crippen LogP contribution < -0.4 is 4.74 Å². The molecule has 0 unspecified atom stereocenters. The van der Waals surface area contributed by atoms with Crippen LogP contribution in [0.5, 0.6) is 5.75 Å². The third-order valence-corrected chi connectivity index (χ3v) is 5.18. The van der Waals surface area contributed by atoms with E-state index in [0.717, 1.165) is 46.9 Å². The monoisotopic (exact) mass is 390 g/mol. The topological polar surface area (TPSA) is 32.8 Å². The molecule has 1 aliphatic heterocycles. The molecule has 1 amide bonds. The number of rotatable bonds is 4. The van der Waals surface area contributed by atoms with E-state index in [1.807, 2.05) is 35.2 Å². The van der Waals surface area contributed by atoms with Crippen molar-refractivity contribution < 1.29 is 9.53 Å². The summed E-state index contributed by atoms with van der Waals surface area (Å²) in [5, 5.41) is 2.25. The Bertz CT molecular complexity index is 724. The molecule has 0 aromatic heterocycles. The molecule has 0 N–H and O–H groups in total. The third kappa shape index (κ3) is 4.08. The molecule has 0 saturated carbocycles. The molecule has 4 nitrogen and oxygen atoms in total. The van der Waals surface area contributed by atoms with Gasteiger partial charge in [-0.3, -0.25) is 4.79 Å². The van der Waals surface area contributed by atoms with Gasteiger partial charge in [0.15, 0.2) is 6.61 Å². The van der Waals surface area contributed by atoms with Gasteiger partial charge in [-0.2, -0.15) is 0 Å². The fraction of sp³-hybridized carbons (Fsp3) is 0.421. The summed E-state index contributed by atoms with van der Waals surface area (Å²) in [6.45, 7) is 1.74. The smallest absolute Gasteiger partial charge is 0.260 e. The lowest BCUT2D eigenvalue weighted by molar-refractivity contribution is -0.134. The SMILES string of the molecule is CN(C)C1CCN(C(=O)COc2ccc3cc(Br)ccc3c2)CC1. The highest BCUT2D eigenvalue weighted by atomic mass is 79.9. The lowest BCUT2D eigenvalue weighted by atomic mass is 10.0. The Morgan fingerprint density at radius 3 is 2.54 bits per heavy atom. The summed E-state index contributed by atoms with van der Waals surface area (Å²) in [4.78, 5) is 16.5. The molecule has 1 fully saturated rings. The number of carbonyl (C=O) groups excluding carboxylic acids is 1. The molecule has 2 aromatic carbocycles. The van der Waals surface area contributed by atoms with Gasteiger partial charge in [0.05, 0.1) is 0 Å². The van der Waals surface area contributed by atoms with Crippen LogP contribution in [0.3, 0.4) is 0 Å². The summed E-state index contributed by atoms with van der Waals surface area (Å²) in [5.74, 6) is 0.810. The molecule has 0 spiro atoms. The minimum atomic E-state index is 0.0723. The zero-order valence-electron chi connectivity index (χ0n) is 14.2. The van der Waals surface area contributed by atoms with Gasteiger partial charge in [-0.25, -0.2) is 0 Å². The summed E-state index contributed by atoms with van der Waals surface area (Å²) < 4.78 is 6.78. The number of likely N-dealkylation sites (tertiary alicyclic amines) is 1. The van der Waals surface area contributed by atoms with Crippen LogP contribution in [0.25, 0.3) is 10.8 Å². The van der Waals surface area contributed by atoms with E-state index < -0.39 is 0 Å². The number of halogens is 1. The first kappa shape index (κ1) is 17.2. The summed E-state index contributed by atoms with van der Waals surface area (Å²) in [6, 6.07) is 12.6. The van der Waals surface area contributed by atoms with Gasteiger partial charge in [-0.15, -0.1) is 0 Å². The molecule has 0 radical (unpaired) electrons. The number of carbonyl (C=O) groups is 1. The highest BCUT2D eigenvalue weighted by Crippen LogP contribution is 2.24. The van der Waals surface area contributed by atoms with Gasteiger partial charge in [0.1, 0.15) is 5.75 Å². The molecule has 0 aliphatic carbocycles. The molecule has 5 heteroatoms. The molecule has 24 heavy (non-hydrogen) atoms. The Kier molecular flexibility index (Phi) is 5.41. The van der Waals surface area contributed by atoms with E-state index in [1.165, 1.54) is 0 Å². The van der Waals surface area contributed by atoms with Crippen molar-refractivity contribution in [1.82, 2.24) is 9.80 Å². The van der Waals surface area contributed by atoms with E-state index in [0.29, 0.717) is 6.04 Å². The Morgan fingerprint density at radius 2 is 1.83 bits per heavy atom. The number of benzene rings is 2. The first-order chi connectivity index (χ1) is 11.5. The van der Waals surface area contributed by atoms with E-state index in [9.17, 15) is 4.79 Å².